The largest absolute Gasteiger partial charge is 0.338 e. The molecule has 12 heteroatoms. The molecule has 0 aliphatic heterocycles. The molecule has 3 amide bonds. The zero-order chi connectivity index (χ0) is 25.1. The van der Waals surface area contributed by atoms with Gasteiger partial charge in [-0.2, -0.15) is 13.5 Å². The van der Waals surface area contributed by atoms with E-state index in [-0.39, 0.29) is 53.0 Å². The molecule has 0 unspecified atom stereocenters. The third-order valence-electron chi connectivity index (χ3n) is 5.28. The molecular weight excluding hydrogens is 472 g/mol. The molecule has 34 heavy (non-hydrogen) atoms. The fourth-order valence-corrected chi connectivity index (χ4v) is 4.36. The van der Waals surface area contributed by atoms with E-state index in [1.165, 1.54) is 28.8 Å². The van der Waals surface area contributed by atoms with Crippen LogP contribution in [-0.4, -0.2) is 77.7 Å². The summed E-state index contributed by atoms with van der Waals surface area (Å²) in [6.07, 6.45) is 0. The summed E-state index contributed by atoms with van der Waals surface area (Å²) in [6, 6.07) is 2.77. The van der Waals surface area contributed by atoms with Gasteiger partial charge in [0.2, 0.25) is 0 Å². The second kappa shape index (κ2) is 12.1. The number of aromatic nitrogens is 2. The number of benzene rings is 1. The summed E-state index contributed by atoms with van der Waals surface area (Å²) in [5.74, 6) is -1.03. The van der Waals surface area contributed by atoms with Crippen molar-refractivity contribution in [2.45, 2.75) is 58.4 Å². The van der Waals surface area contributed by atoms with Crippen LogP contribution >= 0.6 is 0 Å². The van der Waals surface area contributed by atoms with E-state index in [2.05, 4.69) is 10.4 Å². The predicted molar refractivity (Wildman–Crippen MR) is 130 cm³/mol. The third kappa shape index (κ3) is 6.80. The fraction of sp³-hybridized carbons (Fsp3) is 0.500. The van der Waals surface area contributed by atoms with Crippen molar-refractivity contribution in [1.82, 2.24) is 19.4 Å². The molecule has 0 saturated heterocycles. The Balaban J connectivity index is 0.00000578. The summed E-state index contributed by atoms with van der Waals surface area (Å²) in [4.78, 5) is 26.8. The van der Waals surface area contributed by atoms with E-state index in [9.17, 15) is 22.4 Å². The average Bonchev–Trinajstić information content (AvgIpc) is 3.11. The molecule has 2 N–H and O–H groups in total. The van der Waals surface area contributed by atoms with Gasteiger partial charge in [0, 0.05) is 61.4 Å². The Hall–Kier alpha value is -1.95. The summed E-state index contributed by atoms with van der Waals surface area (Å²) >= 11 is 0. The van der Waals surface area contributed by atoms with E-state index < -0.39 is 26.9 Å². The van der Waals surface area contributed by atoms with Gasteiger partial charge in [0.05, 0.1) is 0 Å². The molecule has 0 fully saturated rings. The summed E-state index contributed by atoms with van der Waals surface area (Å²) < 4.78 is 42.8. The van der Waals surface area contributed by atoms with Crippen LogP contribution in [0.15, 0.2) is 23.2 Å². The predicted octanol–water partition coefficient (Wildman–Crippen LogP) is 3.42. The Morgan fingerprint density at radius 2 is 1.56 bits per heavy atom. The monoisotopic (exact) mass is 504 g/mol. The number of amides is 3. The summed E-state index contributed by atoms with van der Waals surface area (Å²) in [7, 11) is -2.91. The molecule has 0 aliphatic carbocycles. The van der Waals surface area contributed by atoms with Gasteiger partial charge in [0.25, 0.3) is 15.9 Å². The number of hydrogen-bond donors (Lipinski definition) is 2. The molecule has 0 atom stereocenters. The molecule has 0 bridgehead atoms. The van der Waals surface area contributed by atoms with Gasteiger partial charge < -0.3 is 10.2 Å². The number of sulfonamides is 1. The van der Waals surface area contributed by atoms with E-state index >= 15 is 0 Å². The van der Waals surface area contributed by atoms with Gasteiger partial charge in [-0.05, 0) is 48.9 Å². The molecule has 0 aliphatic rings. The van der Waals surface area contributed by atoms with Gasteiger partial charge in [0.15, 0.2) is 5.03 Å². The molecule has 1 aromatic carbocycles. The number of rotatable bonds is 8. The molecule has 0 spiro atoms. The number of nitrogens with zero attached hydrogens (tertiary/aromatic N) is 3. The maximum Gasteiger partial charge on any atom is 0.333 e. The topological polar surface area (TPSA) is 113 Å². The van der Waals surface area contributed by atoms with Crippen LogP contribution in [0, 0.1) is 5.82 Å². The van der Waals surface area contributed by atoms with E-state index in [4.69, 9.17) is 0 Å². The van der Waals surface area contributed by atoms with Crippen molar-refractivity contribution in [2.75, 3.05) is 18.4 Å². The van der Waals surface area contributed by atoms with Crippen LogP contribution in [0.5, 0.6) is 0 Å². The van der Waals surface area contributed by atoms with Gasteiger partial charge in [-0.25, -0.2) is 13.9 Å². The second-order valence-electron chi connectivity index (χ2n) is 8.30. The molecule has 1 aromatic heterocycles. The van der Waals surface area contributed by atoms with Crippen molar-refractivity contribution in [3.63, 3.8) is 0 Å². The summed E-state index contributed by atoms with van der Waals surface area (Å²) in [6.45, 7) is 11.9. The van der Waals surface area contributed by atoms with Crippen LogP contribution in [0.1, 0.15) is 75.0 Å². The summed E-state index contributed by atoms with van der Waals surface area (Å²) in [5, 5.41) is 6.02. The Morgan fingerprint density at radius 1 is 1.06 bits per heavy atom. The average molecular weight is 505 g/mol. The van der Waals surface area contributed by atoms with Crippen LogP contribution in [-0.2, 0) is 17.1 Å². The SMILES string of the molecule is CCN(CC)C(=O)c1cc(S(=O)(=O)NC(=O)Nc2c(C(C)C)cc(F)cc2C(C)C)nn1C.[Na]. The quantitative estimate of drug-likeness (QED) is 0.535. The minimum atomic E-state index is -4.37. The number of carbonyl (C=O) groups is 2. The van der Waals surface area contributed by atoms with E-state index in [1.54, 1.807) is 0 Å². The number of nitrogens with one attached hydrogen (secondary N) is 2. The standard InChI is InChI=1S/C22H32FN5O4S.Na/c1-8-28(9-2)21(29)18-12-19(25-27(18)7)33(31,32)26-22(30)24-20-16(13(3)4)10-15(23)11-17(20)14(5)6;/h10-14H,8-9H2,1-7H3,(H2,24,26,30);. The van der Waals surface area contributed by atoms with E-state index in [0.717, 1.165) is 6.07 Å². The van der Waals surface area contributed by atoms with Crippen molar-refractivity contribution in [3.05, 3.63) is 40.8 Å². The Labute approximate surface area is 222 Å². The van der Waals surface area contributed by atoms with Crippen molar-refractivity contribution in [3.8, 4) is 0 Å². The zero-order valence-electron chi connectivity index (χ0n) is 21.1. The fourth-order valence-electron chi connectivity index (χ4n) is 3.46. The smallest absolute Gasteiger partial charge is 0.333 e. The van der Waals surface area contributed by atoms with E-state index in [1.807, 2.05) is 46.3 Å². The maximum atomic E-state index is 14.1. The van der Waals surface area contributed by atoms with Gasteiger partial charge >= 0.3 is 6.03 Å². The number of aryl methyl sites for hydroxylation is 1. The number of carbonyl (C=O) groups excluding carboxylic acids is 2. The van der Waals surface area contributed by atoms with Crippen molar-refractivity contribution in [2.24, 2.45) is 7.05 Å². The van der Waals surface area contributed by atoms with Crippen LogP contribution in [0.4, 0.5) is 14.9 Å². The molecule has 9 nitrogen and oxygen atoms in total. The Bertz CT molecular complexity index is 1120. The van der Waals surface area contributed by atoms with Crippen LogP contribution in [0.25, 0.3) is 0 Å². The molecule has 0 saturated carbocycles. The molecule has 183 valence electrons. The normalized spacial score (nSPS) is 11.4. The van der Waals surface area contributed by atoms with Gasteiger partial charge in [0.1, 0.15) is 11.5 Å². The zero-order valence-corrected chi connectivity index (χ0v) is 23.9. The molecular formula is C22H32FN5NaO4S. The number of hydrogen-bond acceptors (Lipinski definition) is 5. The molecule has 2 aromatic rings. The van der Waals surface area contributed by atoms with Gasteiger partial charge in [-0.1, -0.05) is 27.7 Å². The van der Waals surface area contributed by atoms with Gasteiger partial charge in [-0.15, -0.1) is 0 Å². The molecule has 1 heterocycles. The van der Waals surface area contributed by atoms with Gasteiger partial charge in [-0.3, -0.25) is 9.48 Å². The van der Waals surface area contributed by atoms with Crippen molar-refractivity contribution in [1.29, 1.82) is 0 Å². The first-order valence-electron chi connectivity index (χ1n) is 10.8. The van der Waals surface area contributed by atoms with Crippen molar-refractivity contribution < 1.29 is 22.4 Å². The minimum Gasteiger partial charge on any atom is -0.338 e. The first-order chi connectivity index (χ1) is 15.3. The molecule has 1 radical (unpaired) electrons. The second-order valence-corrected chi connectivity index (χ2v) is 9.93. The van der Waals surface area contributed by atoms with Crippen molar-refractivity contribution >= 4 is 57.2 Å². The minimum absolute atomic E-state index is 0. The third-order valence-corrected chi connectivity index (χ3v) is 6.48. The van der Waals surface area contributed by atoms with Crippen LogP contribution in [0.2, 0.25) is 0 Å². The number of urea groups is 1. The Kier molecular flexibility index (Phi) is 10.7. The number of anilines is 1. The number of halogens is 1. The maximum absolute atomic E-state index is 14.1. The Morgan fingerprint density at radius 3 is 2.00 bits per heavy atom. The first-order valence-corrected chi connectivity index (χ1v) is 12.3. The molecule has 2 rings (SSSR count). The summed E-state index contributed by atoms with van der Waals surface area (Å²) in [5.41, 5.74) is 1.56. The first kappa shape index (κ1) is 30.1. The van der Waals surface area contributed by atoms with E-state index in [0.29, 0.717) is 29.9 Å². The van der Waals surface area contributed by atoms with Crippen LogP contribution < -0.4 is 10.0 Å². The van der Waals surface area contributed by atoms with Crippen LogP contribution in [0.3, 0.4) is 0 Å².